The van der Waals surface area contributed by atoms with Crippen molar-refractivity contribution < 1.29 is 49.4 Å². The zero-order valence-corrected chi connectivity index (χ0v) is 18.0. The summed E-state index contributed by atoms with van der Waals surface area (Å²) in [5.74, 6) is -2.93. The molecule has 0 amide bonds. The van der Waals surface area contributed by atoms with Gasteiger partial charge in [-0.05, 0) is 6.92 Å². The zero-order valence-electron chi connectivity index (χ0n) is 18.0. The Morgan fingerprint density at radius 3 is 1.47 bits per heavy atom. The van der Waals surface area contributed by atoms with Crippen LogP contribution in [0, 0.1) is 5.41 Å². The molecule has 0 aromatic rings. The Hall–Kier alpha value is -2.53. The van der Waals surface area contributed by atoms with Crippen molar-refractivity contribution in [3.63, 3.8) is 0 Å². The Labute approximate surface area is 177 Å². The van der Waals surface area contributed by atoms with Crippen molar-refractivity contribution in [2.75, 3.05) is 39.6 Å². The maximum atomic E-state index is 10.3. The first-order valence-electron chi connectivity index (χ1n) is 8.84. The van der Waals surface area contributed by atoms with E-state index in [9.17, 15) is 14.4 Å². The number of aliphatic hydroxyl groups excluding tert-OH is 2. The van der Waals surface area contributed by atoms with E-state index < -0.39 is 17.9 Å². The number of carboxylic acid groups (broad SMARTS) is 3. The number of rotatable bonds is 12. The van der Waals surface area contributed by atoms with Crippen molar-refractivity contribution in [1.29, 1.82) is 0 Å². The second kappa shape index (κ2) is 24.5. The summed E-state index contributed by atoms with van der Waals surface area (Å²) in [6.45, 7) is 17.0. The molecule has 0 spiro atoms. The van der Waals surface area contributed by atoms with Crippen LogP contribution in [0.5, 0.6) is 0 Å². The quantitative estimate of drug-likeness (QED) is 0.223. The van der Waals surface area contributed by atoms with Crippen molar-refractivity contribution in [1.82, 2.24) is 0 Å². The van der Waals surface area contributed by atoms with Gasteiger partial charge in [-0.15, -0.1) is 0 Å². The second-order valence-corrected chi connectivity index (χ2v) is 6.03. The Morgan fingerprint density at radius 2 is 1.23 bits per heavy atom. The summed E-state index contributed by atoms with van der Waals surface area (Å²) in [6.07, 6.45) is 2.03. The number of carboxylic acids is 3. The van der Waals surface area contributed by atoms with Gasteiger partial charge in [0.1, 0.15) is 0 Å². The molecule has 0 bridgehead atoms. The van der Waals surface area contributed by atoms with Gasteiger partial charge in [0.05, 0.1) is 33.0 Å². The smallest absolute Gasteiger partial charge is 0.331 e. The standard InChI is InChI=1S/C9H16O4.C5H12O2.2C3H4O2/c1-3-12-6-7-13-5-4-8(2)9(10)11;1-5(2,3-6)4-7;2*1-2-3(4)5/h2-7H2,1H3,(H,10,11);6-7H,3-4H2,1-2H3;2*2H,1H2,(H,4,5). The molecule has 10 heteroatoms. The van der Waals surface area contributed by atoms with Gasteiger partial charge in [-0.2, -0.15) is 0 Å². The molecule has 0 aliphatic heterocycles. The van der Waals surface area contributed by atoms with Crippen molar-refractivity contribution in [3.8, 4) is 0 Å². The highest BCUT2D eigenvalue weighted by atomic mass is 16.5. The molecule has 0 saturated carbocycles. The van der Waals surface area contributed by atoms with Crippen LogP contribution >= 0.6 is 0 Å². The summed E-state index contributed by atoms with van der Waals surface area (Å²) >= 11 is 0. The predicted octanol–water partition coefficient (Wildman–Crippen LogP) is 1.58. The lowest BCUT2D eigenvalue weighted by atomic mass is 9.97. The fourth-order valence-electron chi connectivity index (χ4n) is 0.717. The Morgan fingerprint density at radius 1 is 0.867 bits per heavy atom. The van der Waals surface area contributed by atoms with Gasteiger partial charge in [-0.25, -0.2) is 14.4 Å². The van der Waals surface area contributed by atoms with Gasteiger partial charge in [-0.1, -0.05) is 33.6 Å². The molecule has 0 fully saturated rings. The van der Waals surface area contributed by atoms with Crippen molar-refractivity contribution >= 4 is 17.9 Å². The molecule has 5 N–H and O–H groups in total. The number of aliphatic hydroxyl groups is 2. The average molecular weight is 436 g/mol. The summed E-state index contributed by atoms with van der Waals surface area (Å²) in [7, 11) is 0. The van der Waals surface area contributed by atoms with E-state index in [4.69, 9.17) is 35.0 Å². The third kappa shape index (κ3) is 40.2. The molecule has 30 heavy (non-hydrogen) atoms. The molecular weight excluding hydrogens is 400 g/mol. The first kappa shape index (κ1) is 34.9. The summed E-state index contributed by atoms with van der Waals surface area (Å²) in [4.78, 5) is 28.8. The topological polar surface area (TPSA) is 171 Å². The van der Waals surface area contributed by atoms with Crippen molar-refractivity contribution in [3.05, 3.63) is 37.5 Å². The summed E-state index contributed by atoms with van der Waals surface area (Å²) < 4.78 is 10.1. The molecule has 0 heterocycles. The predicted molar refractivity (Wildman–Crippen MR) is 112 cm³/mol. The van der Waals surface area contributed by atoms with Gasteiger partial charge in [0.2, 0.25) is 0 Å². The van der Waals surface area contributed by atoms with Gasteiger partial charge in [0.15, 0.2) is 0 Å². The van der Waals surface area contributed by atoms with Crippen LogP contribution in [0.1, 0.15) is 27.2 Å². The van der Waals surface area contributed by atoms with E-state index in [1.807, 2.05) is 6.92 Å². The number of hydrogen-bond acceptors (Lipinski definition) is 7. The molecule has 0 radical (unpaired) electrons. The van der Waals surface area contributed by atoms with Gasteiger partial charge in [0.25, 0.3) is 0 Å². The van der Waals surface area contributed by atoms with Crippen LogP contribution in [0.25, 0.3) is 0 Å². The van der Waals surface area contributed by atoms with Gasteiger partial charge < -0.3 is 35.0 Å². The minimum Gasteiger partial charge on any atom is -0.478 e. The lowest BCUT2D eigenvalue weighted by molar-refractivity contribution is -0.133. The Bertz CT molecular complexity index is 474. The first-order chi connectivity index (χ1) is 13.8. The van der Waals surface area contributed by atoms with E-state index >= 15 is 0 Å². The lowest BCUT2D eigenvalue weighted by Crippen LogP contribution is -2.20. The SMILES string of the molecule is C=C(CCOCCOCC)C(=O)O.C=CC(=O)O.C=CC(=O)O.CC(C)(CO)CO. The monoisotopic (exact) mass is 436 g/mol. The molecule has 0 aromatic heterocycles. The van der Waals surface area contributed by atoms with Crippen LogP contribution in [0.3, 0.4) is 0 Å². The largest absolute Gasteiger partial charge is 0.478 e. The zero-order chi connectivity index (χ0) is 24.6. The van der Waals surface area contributed by atoms with Crippen LogP contribution in [-0.4, -0.2) is 83.1 Å². The highest BCUT2D eigenvalue weighted by molar-refractivity contribution is 5.85. The van der Waals surface area contributed by atoms with Crippen LogP contribution < -0.4 is 0 Å². The Balaban J connectivity index is -0.000000167. The lowest BCUT2D eigenvalue weighted by Gasteiger charge is -2.16. The summed E-state index contributed by atoms with van der Waals surface area (Å²) in [5.41, 5.74) is -0.128. The third-order valence-electron chi connectivity index (χ3n) is 2.63. The summed E-state index contributed by atoms with van der Waals surface area (Å²) in [6, 6.07) is 0. The molecule has 0 atom stereocenters. The molecule has 176 valence electrons. The van der Waals surface area contributed by atoms with Crippen LogP contribution in [0.2, 0.25) is 0 Å². The van der Waals surface area contributed by atoms with Crippen molar-refractivity contribution in [2.24, 2.45) is 5.41 Å². The molecule has 0 aromatic carbocycles. The highest BCUT2D eigenvalue weighted by Gasteiger charge is 2.13. The van der Waals surface area contributed by atoms with Gasteiger partial charge >= 0.3 is 17.9 Å². The van der Waals surface area contributed by atoms with E-state index in [0.29, 0.717) is 32.8 Å². The molecule has 10 nitrogen and oxygen atoms in total. The fourth-order valence-corrected chi connectivity index (χ4v) is 0.717. The Kier molecular flexibility index (Phi) is 28.5. The second-order valence-electron chi connectivity index (χ2n) is 6.03. The normalized spacial score (nSPS) is 9.23. The van der Waals surface area contributed by atoms with Gasteiger partial charge in [0, 0.05) is 36.2 Å². The molecule has 0 saturated heterocycles. The van der Waals surface area contributed by atoms with Crippen LogP contribution in [0.15, 0.2) is 37.5 Å². The molecular formula is C20H36O10. The average Bonchev–Trinajstić information content (AvgIpc) is 2.71. The minimum atomic E-state index is -0.981. The number of aliphatic carboxylic acids is 3. The first-order valence-corrected chi connectivity index (χ1v) is 8.84. The van der Waals surface area contributed by atoms with E-state index in [1.54, 1.807) is 13.8 Å². The molecule has 0 aliphatic rings. The summed E-state index contributed by atoms with van der Waals surface area (Å²) in [5, 5.41) is 40.5. The third-order valence-corrected chi connectivity index (χ3v) is 2.63. The van der Waals surface area contributed by atoms with E-state index in [2.05, 4.69) is 19.7 Å². The number of ether oxygens (including phenoxy) is 2. The fraction of sp³-hybridized carbons (Fsp3) is 0.550. The molecule has 0 aliphatic carbocycles. The van der Waals surface area contributed by atoms with Crippen molar-refractivity contribution in [2.45, 2.75) is 27.2 Å². The maximum Gasteiger partial charge on any atom is 0.331 e. The molecule has 0 rings (SSSR count). The molecule has 0 unspecified atom stereocenters. The number of carbonyl (C=O) groups is 3. The van der Waals surface area contributed by atoms with Crippen LogP contribution in [-0.2, 0) is 23.9 Å². The van der Waals surface area contributed by atoms with Crippen LogP contribution in [0.4, 0.5) is 0 Å². The highest BCUT2D eigenvalue weighted by Crippen LogP contribution is 2.10. The minimum absolute atomic E-state index is 0.0451. The van der Waals surface area contributed by atoms with Gasteiger partial charge in [-0.3, -0.25) is 0 Å². The van der Waals surface area contributed by atoms with E-state index in [-0.39, 0.29) is 24.2 Å². The maximum absolute atomic E-state index is 10.3. The number of hydrogen-bond donors (Lipinski definition) is 5. The van der Waals surface area contributed by atoms with E-state index in [1.165, 1.54) is 0 Å². The van der Waals surface area contributed by atoms with E-state index in [0.717, 1.165) is 12.2 Å².